The van der Waals surface area contributed by atoms with Crippen LogP contribution in [0.4, 0.5) is 0 Å². The molecular formula is C14H17BrO. The third kappa shape index (κ3) is 3.90. The van der Waals surface area contributed by atoms with E-state index < -0.39 is 0 Å². The Morgan fingerprint density at radius 3 is 2.81 bits per heavy atom. The molecule has 0 aliphatic carbocycles. The highest BCUT2D eigenvalue weighted by molar-refractivity contribution is 9.10. The second-order valence-corrected chi connectivity index (χ2v) is 4.91. The van der Waals surface area contributed by atoms with Gasteiger partial charge in [0, 0.05) is 10.9 Å². The Labute approximate surface area is 106 Å². The maximum atomic E-state index is 5.74. The van der Waals surface area contributed by atoms with Crippen LogP contribution in [0.3, 0.4) is 0 Å². The summed E-state index contributed by atoms with van der Waals surface area (Å²) in [6, 6.07) is 6.12. The fourth-order valence-electron chi connectivity index (χ4n) is 1.46. The lowest BCUT2D eigenvalue weighted by atomic mass is 10.0. The molecule has 86 valence electrons. The Morgan fingerprint density at radius 1 is 1.44 bits per heavy atom. The number of rotatable bonds is 5. The van der Waals surface area contributed by atoms with Gasteiger partial charge in [-0.1, -0.05) is 29.8 Å². The van der Waals surface area contributed by atoms with Gasteiger partial charge in [0.2, 0.25) is 0 Å². The second kappa shape index (κ2) is 6.60. The lowest BCUT2D eigenvalue weighted by molar-refractivity contribution is 0.308. The molecule has 0 saturated heterocycles. The van der Waals surface area contributed by atoms with E-state index in [0.717, 1.165) is 23.1 Å². The molecular weight excluding hydrogens is 264 g/mol. The van der Waals surface area contributed by atoms with E-state index >= 15 is 0 Å². The van der Waals surface area contributed by atoms with Gasteiger partial charge in [-0.2, -0.15) is 0 Å². The Balaban J connectivity index is 2.68. The van der Waals surface area contributed by atoms with E-state index in [1.807, 2.05) is 12.1 Å². The minimum Gasteiger partial charge on any atom is -0.493 e. The molecule has 0 radical (unpaired) electrons. The number of hydrogen-bond donors (Lipinski definition) is 0. The largest absolute Gasteiger partial charge is 0.493 e. The van der Waals surface area contributed by atoms with Crippen molar-refractivity contribution < 1.29 is 4.74 Å². The number of hydrogen-bond acceptors (Lipinski definition) is 1. The van der Waals surface area contributed by atoms with Crippen LogP contribution < -0.4 is 4.74 Å². The summed E-state index contributed by atoms with van der Waals surface area (Å²) in [5.74, 6) is 4.04. The quantitative estimate of drug-likeness (QED) is 0.575. The van der Waals surface area contributed by atoms with Gasteiger partial charge in [-0.15, -0.1) is 12.3 Å². The van der Waals surface area contributed by atoms with Crippen molar-refractivity contribution >= 4 is 15.9 Å². The first-order valence-corrected chi connectivity index (χ1v) is 6.30. The summed E-state index contributed by atoms with van der Waals surface area (Å²) >= 11 is 3.48. The molecule has 0 unspecified atom stereocenters. The van der Waals surface area contributed by atoms with Gasteiger partial charge in [0.25, 0.3) is 0 Å². The zero-order chi connectivity index (χ0) is 12.0. The SMILES string of the molecule is C#CCCCOc1ccc(Br)cc1C(C)C. The lowest BCUT2D eigenvalue weighted by Gasteiger charge is -2.14. The van der Waals surface area contributed by atoms with Crippen molar-refractivity contribution in [3.63, 3.8) is 0 Å². The molecule has 0 saturated carbocycles. The molecule has 1 aromatic carbocycles. The number of ether oxygens (including phenoxy) is 1. The molecule has 0 bridgehead atoms. The van der Waals surface area contributed by atoms with E-state index in [1.165, 1.54) is 5.56 Å². The van der Waals surface area contributed by atoms with Crippen molar-refractivity contribution in [3.8, 4) is 18.1 Å². The van der Waals surface area contributed by atoms with Gasteiger partial charge in [0.15, 0.2) is 0 Å². The van der Waals surface area contributed by atoms with Gasteiger partial charge in [0.1, 0.15) is 5.75 Å². The Kier molecular flexibility index (Phi) is 5.42. The molecule has 0 aliphatic rings. The van der Waals surface area contributed by atoms with Crippen LogP contribution in [0, 0.1) is 12.3 Å². The molecule has 1 aromatic rings. The Hall–Kier alpha value is -0.940. The fourth-order valence-corrected chi connectivity index (χ4v) is 1.84. The zero-order valence-corrected chi connectivity index (χ0v) is 11.4. The summed E-state index contributed by atoms with van der Waals surface area (Å²) in [5.41, 5.74) is 1.23. The first-order chi connectivity index (χ1) is 7.65. The van der Waals surface area contributed by atoms with Crippen molar-refractivity contribution in [1.82, 2.24) is 0 Å². The highest BCUT2D eigenvalue weighted by Crippen LogP contribution is 2.29. The number of halogens is 1. The first-order valence-electron chi connectivity index (χ1n) is 5.51. The summed E-state index contributed by atoms with van der Waals surface area (Å²) in [6.45, 7) is 5.01. The summed E-state index contributed by atoms with van der Waals surface area (Å²) in [4.78, 5) is 0. The van der Waals surface area contributed by atoms with Crippen LogP contribution in [0.25, 0.3) is 0 Å². The van der Waals surface area contributed by atoms with E-state index in [4.69, 9.17) is 11.2 Å². The molecule has 0 atom stereocenters. The zero-order valence-electron chi connectivity index (χ0n) is 9.79. The molecule has 1 nitrogen and oxygen atoms in total. The second-order valence-electron chi connectivity index (χ2n) is 3.99. The maximum absolute atomic E-state index is 5.74. The van der Waals surface area contributed by atoms with E-state index in [0.29, 0.717) is 12.5 Å². The molecule has 2 heteroatoms. The van der Waals surface area contributed by atoms with E-state index in [-0.39, 0.29) is 0 Å². The van der Waals surface area contributed by atoms with E-state index in [1.54, 1.807) is 0 Å². The van der Waals surface area contributed by atoms with Crippen LogP contribution in [0.1, 0.15) is 38.2 Å². The topological polar surface area (TPSA) is 9.23 Å². The van der Waals surface area contributed by atoms with Gasteiger partial charge >= 0.3 is 0 Å². The van der Waals surface area contributed by atoms with Crippen molar-refractivity contribution in [3.05, 3.63) is 28.2 Å². The van der Waals surface area contributed by atoms with Crippen molar-refractivity contribution in [1.29, 1.82) is 0 Å². The summed E-state index contributed by atoms with van der Waals surface area (Å²) in [5, 5.41) is 0. The predicted octanol–water partition coefficient (Wildman–Crippen LogP) is 4.36. The van der Waals surface area contributed by atoms with Crippen LogP contribution in [0.2, 0.25) is 0 Å². The number of benzene rings is 1. The van der Waals surface area contributed by atoms with Crippen molar-refractivity contribution in [2.75, 3.05) is 6.61 Å². The minimum absolute atomic E-state index is 0.458. The predicted molar refractivity (Wildman–Crippen MR) is 71.8 cm³/mol. The van der Waals surface area contributed by atoms with Crippen LogP contribution >= 0.6 is 15.9 Å². The monoisotopic (exact) mass is 280 g/mol. The molecule has 16 heavy (non-hydrogen) atoms. The Bertz CT molecular complexity index is 377. The molecule has 0 heterocycles. The van der Waals surface area contributed by atoms with Crippen LogP contribution in [-0.2, 0) is 0 Å². The van der Waals surface area contributed by atoms with E-state index in [9.17, 15) is 0 Å². The molecule has 0 spiro atoms. The molecule has 0 aliphatic heterocycles. The third-order valence-electron chi connectivity index (χ3n) is 2.32. The Morgan fingerprint density at radius 2 is 2.19 bits per heavy atom. The van der Waals surface area contributed by atoms with Gasteiger partial charge in [-0.05, 0) is 36.1 Å². The first kappa shape index (κ1) is 13.1. The molecule has 0 amide bonds. The van der Waals surface area contributed by atoms with Crippen molar-refractivity contribution in [2.24, 2.45) is 0 Å². The number of terminal acetylenes is 1. The summed E-state index contributed by atoms with van der Waals surface area (Å²) < 4.78 is 6.83. The molecule has 1 rings (SSSR count). The highest BCUT2D eigenvalue weighted by atomic mass is 79.9. The summed E-state index contributed by atoms with van der Waals surface area (Å²) in [7, 11) is 0. The minimum atomic E-state index is 0.458. The van der Waals surface area contributed by atoms with Crippen LogP contribution in [-0.4, -0.2) is 6.61 Å². The molecule has 0 aromatic heterocycles. The average Bonchev–Trinajstić information content (AvgIpc) is 2.26. The average molecular weight is 281 g/mol. The van der Waals surface area contributed by atoms with Gasteiger partial charge in [0.05, 0.1) is 6.61 Å². The van der Waals surface area contributed by atoms with Crippen molar-refractivity contribution in [2.45, 2.75) is 32.6 Å². The highest BCUT2D eigenvalue weighted by Gasteiger charge is 2.08. The summed E-state index contributed by atoms with van der Waals surface area (Å²) in [6.07, 6.45) is 6.87. The normalized spacial score (nSPS) is 10.2. The third-order valence-corrected chi connectivity index (χ3v) is 2.81. The van der Waals surface area contributed by atoms with Crippen LogP contribution in [0.15, 0.2) is 22.7 Å². The fraction of sp³-hybridized carbons (Fsp3) is 0.429. The van der Waals surface area contributed by atoms with Crippen LogP contribution in [0.5, 0.6) is 5.75 Å². The standard InChI is InChI=1S/C14H17BrO/c1-4-5-6-9-16-14-8-7-12(15)10-13(14)11(2)3/h1,7-8,10-11H,5-6,9H2,2-3H3. The number of unbranched alkanes of at least 4 members (excludes halogenated alkanes) is 1. The van der Waals surface area contributed by atoms with E-state index in [2.05, 4.69) is 41.8 Å². The van der Waals surface area contributed by atoms with Gasteiger partial charge in [-0.3, -0.25) is 0 Å². The smallest absolute Gasteiger partial charge is 0.122 e. The van der Waals surface area contributed by atoms with Gasteiger partial charge in [-0.25, -0.2) is 0 Å². The van der Waals surface area contributed by atoms with Gasteiger partial charge < -0.3 is 4.74 Å². The lowest BCUT2D eigenvalue weighted by Crippen LogP contribution is -2.01. The molecule has 0 fully saturated rings. The molecule has 0 N–H and O–H groups in total. The maximum Gasteiger partial charge on any atom is 0.122 e.